The maximum absolute atomic E-state index is 13.6. The van der Waals surface area contributed by atoms with Crippen LogP contribution in [0.2, 0.25) is 0 Å². The van der Waals surface area contributed by atoms with Crippen LogP contribution in [0.4, 0.5) is 24.8 Å². The van der Waals surface area contributed by atoms with Crippen LogP contribution in [-0.4, -0.2) is 64.5 Å². The van der Waals surface area contributed by atoms with Gasteiger partial charge in [-0.3, -0.25) is 9.89 Å². The number of H-pyrrole nitrogens is 1. The number of hydrogen-bond acceptors (Lipinski definition) is 8. The van der Waals surface area contributed by atoms with Crippen LogP contribution in [-0.2, 0) is 16.1 Å². The summed E-state index contributed by atoms with van der Waals surface area (Å²) in [7, 11) is 1.53. The molecule has 5 heterocycles. The molecule has 1 fully saturated rings. The first kappa shape index (κ1) is 30.2. The third-order valence-electron chi connectivity index (χ3n) is 8.29. The molecular weight excluding hydrogens is 589 g/mol. The van der Waals surface area contributed by atoms with Crippen LogP contribution in [0, 0.1) is 12.7 Å². The van der Waals surface area contributed by atoms with Crippen LogP contribution in [0.5, 0.6) is 0 Å². The van der Waals surface area contributed by atoms with Crippen molar-refractivity contribution in [3.05, 3.63) is 72.0 Å². The van der Waals surface area contributed by atoms with Crippen molar-refractivity contribution in [3.63, 3.8) is 0 Å². The smallest absolute Gasteiger partial charge is 0.256 e. The summed E-state index contributed by atoms with van der Waals surface area (Å²) in [6, 6.07) is 6.67. The van der Waals surface area contributed by atoms with Gasteiger partial charge in [-0.2, -0.15) is 10.2 Å². The van der Waals surface area contributed by atoms with E-state index in [4.69, 9.17) is 14.7 Å². The minimum atomic E-state index is -2.54. The van der Waals surface area contributed by atoms with E-state index in [0.29, 0.717) is 60.0 Å². The number of rotatable bonds is 10. The van der Waals surface area contributed by atoms with Crippen molar-refractivity contribution in [2.45, 2.75) is 70.1 Å². The topological polar surface area (TPSA) is 140 Å². The van der Waals surface area contributed by atoms with Crippen LogP contribution in [0.15, 0.2) is 49.1 Å². The zero-order valence-electron chi connectivity index (χ0n) is 25.0. The van der Waals surface area contributed by atoms with Gasteiger partial charge in [0, 0.05) is 37.2 Å². The van der Waals surface area contributed by atoms with Gasteiger partial charge in [0.1, 0.15) is 22.9 Å². The number of carbonyl (C=O) groups is 1. The molecule has 0 spiro atoms. The van der Waals surface area contributed by atoms with Gasteiger partial charge < -0.3 is 19.9 Å². The number of halogens is 3. The van der Waals surface area contributed by atoms with Crippen molar-refractivity contribution in [1.82, 2.24) is 44.8 Å². The molecule has 15 heteroatoms. The number of nitrogens with one attached hydrogen (secondary N) is 3. The lowest BCUT2D eigenvalue weighted by molar-refractivity contribution is -0.148. The quantitative estimate of drug-likeness (QED) is 0.195. The molecule has 1 aliphatic carbocycles. The van der Waals surface area contributed by atoms with Gasteiger partial charge >= 0.3 is 0 Å². The second kappa shape index (κ2) is 12.3. The van der Waals surface area contributed by atoms with Crippen molar-refractivity contribution >= 4 is 28.6 Å². The average molecular weight is 623 g/mol. The molecule has 0 saturated heterocycles. The number of aryl methyl sites for hydroxylation is 1. The Bertz CT molecular complexity index is 1790. The Morgan fingerprint density at radius 3 is 2.62 bits per heavy atom. The highest BCUT2D eigenvalue weighted by Gasteiger charge is 2.43. The molecule has 6 rings (SSSR count). The van der Waals surface area contributed by atoms with Crippen LogP contribution in [0.25, 0.3) is 16.9 Å². The average Bonchev–Trinajstić information content (AvgIpc) is 3.77. The fourth-order valence-corrected chi connectivity index (χ4v) is 5.75. The Morgan fingerprint density at radius 1 is 1.20 bits per heavy atom. The summed E-state index contributed by atoms with van der Waals surface area (Å²) >= 11 is 0. The second-order valence-electron chi connectivity index (χ2n) is 11.3. The van der Waals surface area contributed by atoms with E-state index in [-0.39, 0.29) is 17.9 Å². The standard InChI is InChI=1S/C30H33F3N10O2/c1-17-12-24(41-40-17)37-27-22-8-11-42(16-23(32)33)28(22)39-26(38-27)19-6-9-30(45-3,10-7-19)29(44)36-18(2)20-4-5-25(34-13-20)43-15-21(31)14-35-43/h4-5,8,11-15,18-19,23H,6-7,9-10,16H2,1-3H3,(H,36,44)(H2,37,38,39,40,41)/t18-,19?,30?/m0/s1. The van der Waals surface area contributed by atoms with Gasteiger partial charge in [-0.25, -0.2) is 32.8 Å². The number of ether oxygens (including phenoxy) is 1. The number of fused-ring (bicyclic) bond motifs is 1. The number of aromatic nitrogens is 8. The van der Waals surface area contributed by atoms with Crippen LogP contribution < -0.4 is 10.6 Å². The highest BCUT2D eigenvalue weighted by molar-refractivity contribution is 5.89. The minimum absolute atomic E-state index is 0.122. The maximum Gasteiger partial charge on any atom is 0.256 e. The summed E-state index contributed by atoms with van der Waals surface area (Å²) in [5.74, 6) is 1.15. The molecule has 45 heavy (non-hydrogen) atoms. The van der Waals surface area contributed by atoms with Crippen molar-refractivity contribution in [2.75, 3.05) is 12.4 Å². The summed E-state index contributed by atoms with van der Waals surface area (Å²) in [5, 5.41) is 17.9. The van der Waals surface area contributed by atoms with Gasteiger partial charge in [-0.05, 0) is 57.2 Å². The Kier molecular flexibility index (Phi) is 8.27. The number of anilines is 2. The normalized spacial score (nSPS) is 19.2. The highest BCUT2D eigenvalue weighted by atomic mass is 19.3. The lowest BCUT2D eigenvalue weighted by Gasteiger charge is -2.38. The molecule has 0 aromatic carbocycles. The van der Waals surface area contributed by atoms with E-state index in [1.54, 1.807) is 30.6 Å². The molecule has 3 N–H and O–H groups in total. The first-order valence-electron chi connectivity index (χ1n) is 14.6. The van der Waals surface area contributed by atoms with Crippen molar-refractivity contribution < 1.29 is 22.7 Å². The van der Waals surface area contributed by atoms with E-state index < -0.39 is 24.4 Å². The number of alkyl halides is 2. The molecule has 0 radical (unpaired) electrons. The second-order valence-corrected chi connectivity index (χ2v) is 11.3. The summed E-state index contributed by atoms with van der Waals surface area (Å²) in [6.45, 7) is 3.23. The van der Waals surface area contributed by atoms with E-state index in [1.165, 1.54) is 22.6 Å². The minimum Gasteiger partial charge on any atom is -0.368 e. The zero-order valence-corrected chi connectivity index (χ0v) is 25.0. The fourth-order valence-electron chi connectivity index (χ4n) is 5.75. The summed E-state index contributed by atoms with van der Waals surface area (Å²) in [4.78, 5) is 27.5. The van der Waals surface area contributed by atoms with E-state index in [9.17, 15) is 18.0 Å². The monoisotopic (exact) mass is 622 g/mol. The maximum atomic E-state index is 13.6. The van der Waals surface area contributed by atoms with E-state index in [1.807, 2.05) is 19.9 Å². The Morgan fingerprint density at radius 2 is 2.00 bits per heavy atom. The molecule has 1 amide bonds. The molecule has 5 aromatic heterocycles. The van der Waals surface area contributed by atoms with Gasteiger partial charge in [-0.15, -0.1) is 0 Å². The highest BCUT2D eigenvalue weighted by Crippen LogP contribution is 2.40. The number of amides is 1. The molecule has 1 aliphatic rings. The molecule has 0 unspecified atom stereocenters. The van der Waals surface area contributed by atoms with Crippen molar-refractivity contribution in [3.8, 4) is 5.82 Å². The first-order valence-corrected chi connectivity index (χ1v) is 14.6. The van der Waals surface area contributed by atoms with Crippen LogP contribution in [0.3, 0.4) is 0 Å². The van der Waals surface area contributed by atoms with Crippen molar-refractivity contribution in [1.29, 1.82) is 0 Å². The first-order chi connectivity index (χ1) is 21.6. The molecule has 0 bridgehead atoms. The van der Waals surface area contributed by atoms with Crippen LogP contribution >= 0.6 is 0 Å². The van der Waals surface area contributed by atoms with Gasteiger partial charge in [-0.1, -0.05) is 6.07 Å². The zero-order chi connectivity index (χ0) is 31.7. The van der Waals surface area contributed by atoms with Gasteiger partial charge in [0.05, 0.1) is 30.4 Å². The summed E-state index contributed by atoms with van der Waals surface area (Å²) < 4.78 is 48.6. The molecular formula is C30H33F3N10O2. The number of nitrogens with zero attached hydrogens (tertiary/aromatic N) is 7. The molecule has 1 atom stereocenters. The van der Waals surface area contributed by atoms with E-state index in [2.05, 4.69) is 30.9 Å². The summed E-state index contributed by atoms with van der Waals surface area (Å²) in [5.41, 5.74) is 0.967. The number of carbonyl (C=O) groups excluding carboxylic acids is 1. The largest absolute Gasteiger partial charge is 0.368 e. The Hall–Kier alpha value is -4.79. The molecule has 236 valence electrons. The van der Waals surface area contributed by atoms with Crippen molar-refractivity contribution in [2.24, 2.45) is 0 Å². The number of aromatic amines is 1. The van der Waals surface area contributed by atoms with Gasteiger partial charge in [0.2, 0.25) is 0 Å². The van der Waals surface area contributed by atoms with Gasteiger partial charge in [0.15, 0.2) is 17.5 Å². The fraction of sp³-hybridized carbons (Fsp3) is 0.400. The Labute approximate surface area is 256 Å². The summed E-state index contributed by atoms with van der Waals surface area (Å²) in [6.07, 6.45) is 4.91. The SMILES string of the molecule is COC1(C(=O)N[C@@H](C)c2ccc(-n3cc(F)cn3)nc2)CCC(c2nc(Nc3cc(C)[nH]n3)c3ccn(CC(F)F)c3n2)CC1. The third-order valence-corrected chi connectivity index (χ3v) is 8.29. The predicted molar refractivity (Wildman–Crippen MR) is 159 cm³/mol. The number of methoxy groups -OCH3 is 1. The molecule has 0 aliphatic heterocycles. The predicted octanol–water partition coefficient (Wildman–Crippen LogP) is 5.11. The van der Waals surface area contributed by atoms with Crippen LogP contribution in [0.1, 0.15) is 61.6 Å². The lowest BCUT2D eigenvalue weighted by atomic mass is 9.77. The molecule has 12 nitrogen and oxygen atoms in total. The molecule has 1 saturated carbocycles. The van der Waals surface area contributed by atoms with E-state index >= 15 is 0 Å². The van der Waals surface area contributed by atoms with Gasteiger partial charge in [0.25, 0.3) is 12.3 Å². The Balaban J connectivity index is 1.17. The molecule has 5 aromatic rings. The number of pyridine rings is 1. The lowest BCUT2D eigenvalue weighted by Crippen LogP contribution is -2.50. The third kappa shape index (κ3) is 6.25. The number of hydrogen-bond donors (Lipinski definition) is 3. The van der Waals surface area contributed by atoms with E-state index in [0.717, 1.165) is 17.5 Å².